The summed E-state index contributed by atoms with van der Waals surface area (Å²) in [7, 11) is 5.80. The van der Waals surface area contributed by atoms with Gasteiger partial charge in [-0.05, 0) is 27.7 Å². The summed E-state index contributed by atoms with van der Waals surface area (Å²) in [6.07, 6.45) is 1.29. The zero-order valence-electron chi connectivity index (χ0n) is 26.2. The summed E-state index contributed by atoms with van der Waals surface area (Å²) in [6.45, 7) is 6.72. The maximum absolute atomic E-state index is 12.3. The molecule has 0 aliphatic heterocycles. The molecule has 0 aliphatic rings. The van der Waals surface area contributed by atoms with Crippen molar-refractivity contribution in [1.29, 1.82) is 0 Å². The Morgan fingerprint density at radius 1 is 0.652 bits per heavy atom. The number of aryl methyl sites for hydroxylation is 6. The number of hydrogen-bond acceptors (Lipinski definition) is 16. The average Bonchev–Trinajstić information content (AvgIpc) is 3.68. The normalized spacial score (nSPS) is 11.7. The van der Waals surface area contributed by atoms with Gasteiger partial charge < -0.3 is 20.9 Å². The minimum atomic E-state index is -0.593. The molecule has 0 aromatic carbocycles. The van der Waals surface area contributed by atoms with Crippen LogP contribution in [0.4, 0.5) is 34.6 Å². The summed E-state index contributed by atoms with van der Waals surface area (Å²) < 4.78 is 15.3. The highest BCUT2D eigenvalue weighted by atomic mass is 16.5. The van der Waals surface area contributed by atoms with Gasteiger partial charge in [0.05, 0.1) is 37.0 Å². The third kappa shape index (κ3) is 5.31. The molecule has 20 heteroatoms. The summed E-state index contributed by atoms with van der Waals surface area (Å²) in [6, 6.07) is 1.56. The first kappa shape index (κ1) is 31.1. The van der Waals surface area contributed by atoms with Gasteiger partial charge in [-0.2, -0.15) is 29.8 Å². The van der Waals surface area contributed by atoms with Crippen LogP contribution >= 0.6 is 0 Å². The monoisotopic (exact) mass is 630 g/mol. The summed E-state index contributed by atoms with van der Waals surface area (Å²) in [5.74, 6) is 0.00160. The molecular formula is C26H30N16O4. The summed E-state index contributed by atoms with van der Waals surface area (Å²) in [5.41, 5.74) is 15.5. The number of methoxy groups -OCH3 is 2. The van der Waals surface area contributed by atoms with Gasteiger partial charge in [-0.25, -0.2) is 28.9 Å². The molecule has 5 rings (SSSR count). The van der Waals surface area contributed by atoms with Crippen molar-refractivity contribution in [2.24, 2.45) is 34.6 Å². The standard InChI is InChI=1S/C26H30N16O4/c1-11-17(25(43)45-7)23(39(5)35-11)33-31-19-13(3)37-41(21(19)27)15-9-16(30-10-29-15)42-22(28)20(14(4)38-42)32-34-24-18(26(44)46-8)12(2)36-40(24)6/h9-10H,27-28H2,1-8H3/b33-31+,34-32+. The molecule has 5 heterocycles. The predicted molar refractivity (Wildman–Crippen MR) is 161 cm³/mol. The van der Waals surface area contributed by atoms with Crippen molar-refractivity contribution < 1.29 is 19.1 Å². The van der Waals surface area contributed by atoms with Crippen LogP contribution < -0.4 is 11.5 Å². The molecule has 0 saturated carbocycles. The van der Waals surface area contributed by atoms with E-state index in [1.165, 1.54) is 39.3 Å². The largest absolute Gasteiger partial charge is 0.465 e. The minimum Gasteiger partial charge on any atom is -0.465 e. The van der Waals surface area contributed by atoms with Gasteiger partial charge >= 0.3 is 11.9 Å². The van der Waals surface area contributed by atoms with Crippen LogP contribution in [0, 0.1) is 27.7 Å². The van der Waals surface area contributed by atoms with E-state index in [4.69, 9.17) is 20.9 Å². The lowest BCUT2D eigenvalue weighted by atomic mass is 10.2. The van der Waals surface area contributed by atoms with Crippen LogP contribution in [0.3, 0.4) is 0 Å². The zero-order valence-corrected chi connectivity index (χ0v) is 26.2. The lowest BCUT2D eigenvalue weighted by Gasteiger charge is -2.06. The molecule has 0 aliphatic carbocycles. The van der Waals surface area contributed by atoms with Crippen LogP contribution in [0.15, 0.2) is 32.9 Å². The van der Waals surface area contributed by atoms with Gasteiger partial charge in [0.1, 0.15) is 17.5 Å². The maximum atomic E-state index is 12.3. The molecule has 4 N–H and O–H groups in total. The first-order valence-electron chi connectivity index (χ1n) is 13.5. The third-order valence-electron chi connectivity index (χ3n) is 6.85. The molecule has 20 nitrogen and oxygen atoms in total. The van der Waals surface area contributed by atoms with Crippen molar-refractivity contribution in [2.75, 3.05) is 25.7 Å². The minimum absolute atomic E-state index is 0.122. The number of hydrogen-bond donors (Lipinski definition) is 2. The molecule has 0 unspecified atom stereocenters. The summed E-state index contributed by atoms with van der Waals surface area (Å²) in [5, 5.41) is 34.4. The number of ether oxygens (including phenoxy) is 2. The van der Waals surface area contributed by atoms with Crippen molar-refractivity contribution >= 4 is 46.6 Å². The van der Waals surface area contributed by atoms with E-state index in [-0.39, 0.29) is 57.4 Å². The molecule has 5 aromatic rings. The highest BCUT2D eigenvalue weighted by Crippen LogP contribution is 2.34. The van der Waals surface area contributed by atoms with Crippen molar-refractivity contribution in [1.82, 2.24) is 49.1 Å². The van der Waals surface area contributed by atoms with Crippen molar-refractivity contribution in [3.05, 3.63) is 46.3 Å². The fourth-order valence-corrected chi connectivity index (χ4v) is 4.64. The second-order valence-electron chi connectivity index (χ2n) is 9.89. The molecule has 0 saturated heterocycles. The fraction of sp³-hybridized carbons (Fsp3) is 0.308. The van der Waals surface area contributed by atoms with E-state index in [9.17, 15) is 9.59 Å². The van der Waals surface area contributed by atoms with Gasteiger partial charge in [-0.1, -0.05) is 0 Å². The van der Waals surface area contributed by atoms with Crippen LogP contribution in [-0.4, -0.2) is 75.2 Å². The average molecular weight is 631 g/mol. The lowest BCUT2D eigenvalue weighted by Crippen LogP contribution is -2.09. The first-order chi connectivity index (χ1) is 21.9. The van der Waals surface area contributed by atoms with Gasteiger partial charge in [-0.3, -0.25) is 0 Å². The zero-order chi connectivity index (χ0) is 33.4. The molecule has 0 radical (unpaired) electrons. The van der Waals surface area contributed by atoms with E-state index >= 15 is 0 Å². The van der Waals surface area contributed by atoms with Crippen LogP contribution in [0.5, 0.6) is 0 Å². The number of aromatic nitrogens is 10. The third-order valence-corrected chi connectivity index (χ3v) is 6.85. The second-order valence-corrected chi connectivity index (χ2v) is 9.89. The Labute approximate surface area is 260 Å². The van der Waals surface area contributed by atoms with Crippen LogP contribution in [0.1, 0.15) is 43.5 Å². The molecule has 5 aromatic heterocycles. The Morgan fingerprint density at radius 2 is 1.04 bits per heavy atom. The first-order valence-corrected chi connectivity index (χ1v) is 13.5. The predicted octanol–water partition coefficient (Wildman–Crippen LogP) is 3.12. The Morgan fingerprint density at radius 3 is 1.41 bits per heavy atom. The lowest BCUT2D eigenvalue weighted by molar-refractivity contribution is 0.0591. The Bertz CT molecular complexity index is 1920. The number of carbonyl (C=O) groups is 2. The van der Waals surface area contributed by atoms with Crippen LogP contribution in [0.25, 0.3) is 11.6 Å². The highest BCUT2D eigenvalue weighted by molar-refractivity contribution is 5.95. The van der Waals surface area contributed by atoms with E-state index in [2.05, 4.69) is 50.8 Å². The molecular weight excluding hydrogens is 600 g/mol. The van der Waals surface area contributed by atoms with Crippen molar-refractivity contribution in [3.8, 4) is 11.6 Å². The van der Waals surface area contributed by atoms with Gasteiger partial charge in [0.25, 0.3) is 0 Å². The molecule has 0 amide bonds. The van der Waals surface area contributed by atoms with Gasteiger partial charge in [-0.15, -0.1) is 20.5 Å². The number of nitrogen functional groups attached to an aromatic ring is 2. The summed E-state index contributed by atoms with van der Waals surface area (Å²) in [4.78, 5) is 33.2. The van der Waals surface area contributed by atoms with E-state index in [0.29, 0.717) is 22.8 Å². The Balaban J connectivity index is 1.48. The number of carbonyl (C=O) groups excluding carboxylic acids is 2. The van der Waals surface area contributed by atoms with Crippen LogP contribution in [0.2, 0.25) is 0 Å². The summed E-state index contributed by atoms with van der Waals surface area (Å²) >= 11 is 0. The van der Waals surface area contributed by atoms with Gasteiger partial charge in [0.2, 0.25) is 0 Å². The number of azo groups is 2. The molecule has 238 valence electrons. The topological polar surface area (TPSA) is 251 Å². The quantitative estimate of drug-likeness (QED) is 0.185. The van der Waals surface area contributed by atoms with Gasteiger partial charge in [0.15, 0.2) is 46.3 Å². The molecule has 0 bridgehead atoms. The second kappa shape index (κ2) is 12.0. The maximum Gasteiger partial charge on any atom is 0.343 e. The molecule has 0 spiro atoms. The van der Waals surface area contributed by atoms with E-state index in [1.807, 2.05) is 0 Å². The van der Waals surface area contributed by atoms with Gasteiger partial charge in [0, 0.05) is 20.2 Å². The van der Waals surface area contributed by atoms with E-state index in [0.717, 1.165) is 0 Å². The molecule has 0 atom stereocenters. The number of nitrogens with zero attached hydrogens (tertiary/aromatic N) is 14. The van der Waals surface area contributed by atoms with E-state index < -0.39 is 11.9 Å². The number of anilines is 2. The number of rotatable bonds is 8. The molecule has 46 heavy (non-hydrogen) atoms. The van der Waals surface area contributed by atoms with E-state index in [1.54, 1.807) is 47.9 Å². The highest BCUT2D eigenvalue weighted by Gasteiger charge is 2.24. The number of esters is 2. The SMILES string of the molecule is COC(=O)c1c(C)nn(C)c1/N=N/c1c(C)nn(-c2cc(-n3nc(C)c(/N=N/c4c(C(=O)OC)c(C)nn4C)c3N)ncn2)c1N. The number of nitrogens with two attached hydrogens (primary N) is 2. The van der Waals surface area contributed by atoms with Crippen LogP contribution in [-0.2, 0) is 23.6 Å². The smallest absolute Gasteiger partial charge is 0.343 e. The Kier molecular flexibility index (Phi) is 8.10. The Hall–Kier alpha value is -6.34. The fourth-order valence-electron chi connectivity index (χ4n) is 4.64. The van der Waals surface area contributed by atoms with Crippen molar-refractivity contribution in [3.63, 3.8) is 0 Å². The van der Waals surface area contributed by atoms with Crippen molar-refractivity contribution in [2.45, 2.75) is 27.7 Å². The molecule has 0 fully saturated rings.